The van der Waals surface area contributed by atoms with Crippen LogP contribution < -0.4 is 0 Å². The predicted octanol–water partition coefficient (Wildman–Crippen LogP) is 3.00. The van der Waals surface area contributed by atoms with Crippen molar-refractivity contribution in [2.24, 2.45) is 0 Å². The monoisotopic (exact) mass is 239 g/mol. The maximum atomic E-state index is 12.2. The van der Waals surface area contributed by atoms with Gasteiger partial charge in [-0.15, -0.1) is 11.6 Å². The Labute approximate surface area is 102 Å². The van der Waals surface area contributed by atoms with E-state index in [1.54, 1.807) is 11.9 Å². The van der Waals surface area contributed by atoms with Crippen molar-refractivity contribution in [1.29, 1.82) is 0 Å². The van der Waals surface area contributed by atoms with E-state index in [1.165, 1.54) is 0 Å². The highest BCUT2D eigenvalue weighted by molar-refractivity contribution is 6.18. The zero-order valence-electron chi connectivity index (χ0n) is 10.2. The van der Waals surface area contributed by atoms with Gasteiger partial charge in [-0.05, 0) is 32.4 Å². The smallest absolute Gasteiger partial charge is 0.254 e. The molecule has 0 spiro atoms. The average molecular weight is 240 g/mol. The molecule has 1 amide bonds. The van der Waals surface area contributed by atoms with Gasteiger partial charge in [-0.1, -0.05) is 17.7 Å². The van der Waals surface area contributed by atoms with Crippen molar-refractivity contribution in [1.82, 2.24) is 4.90 Å². The van der Waals surface area contributed by atoms with E-state index in [0.29, 0.717) is 5.88 Å². The highest BCUT2D eigenvalue weighted by Gasteiger charge is 2.18. The van der Waals surface area contributed by atoms with E-state index < -0.39 is 0 Å². The van der Waals surface area contributed by atoms with Crippen LogP contribution in [0.1, 0.15) is 28.4 Å². The molecule has 1 aromatic rings. The Balaban J connectivity index is 3.00. The molecule has 0 aromatic heterocycles. The van der Waals surface area contributed by atoms with Crippen LogP contribution in [0.2, 0.25) is 0 Å². The minimum atomic E-state index is 0.0364. The fourth-order valence-corrected chi connectivity index (χ4v) is 1.67. The standard InChI is InChI=1S/C13H18ClNO/c1-9-5-6-10(2)12(7-9)13(16)15(4)11(3)8-14/h5-7,11H,8H2,1-4H3. The first-order valence-electron chi connectivity index (χ1n) is 5.37. The summed E-state index contributed by atoms with van der Waals surface area (Å²) >= 11 is 5.76. The van der Waals surface area contributed by atoms with Crippen LogP contribution in [0.5, 0.6) is 0 Å². The largest absolute Gasteiger partial charge is 0.338 e. The number of carbonyl (C=O) groups is 1. The van der Waals surface area contributed by atoms with Crippen LogP contribution >= 0.6 is 11.6 Å². The first kappa shape index (κ1) is 13.0. The summed E-state index contributed by atoms with van der Waals surface area (Å²) in [5, 5.41) is 0. The summed E-state index contributed by atoms with van der Waals surface area (Å²) in [7, 11) is 1.79. The van der Waals surface area contributed by atoms with Crippen LogP contribution in [0, 0.1) is 13.8 Å². The summed E-state index contributed by atoms with van der Waals surface area (Å²) in [6.07, 6.45) is 0. The molecular weight excluding hydrogens is 222 g/mol. The van der Waals surface area contributed by atoms with Crippen LogP contribution in [0.25, 0.3) is 0 Å². The maximum Gasteiger partial charge on any atom is 0.254 e. The number of hydrogen-bond donors (Lipinski definition) is 0. The number of benzene rings is 1. The predicted molar refractivity (Wildman–Crippen MR) is 68.2 cm³/mol. The number of alkyl halides is 1. The summed E-state index contributed by atoms with van der Waals surface area (Å²) in [5.41, 5.74) is 2.87. The van der Waals surface area contributed by atoms with Crippen LogP contribution in [0.15, 0.2) is 18.2 Å². The van der Waals surface area contributed by atoms with Crippen LogP contribution in [-0.2, 0) is 0 Å². The van der Waals surface area contributed by atoms with Gasteiger partial charge in [-0.25, -0.2) is 0 Å². The van der Waals surface area contributed by atoms with Gasteiger partial charge in [0.25, 0.3) is 5.91 Å². The van der Waals surface area contributed by atoms with Gasteiger partial charge in [0, 0.05) is 24.5 Å². The maximum absolute atomic E-state index is 12.2. The highest BCUT2D eigenvalue weighted by atomic mass is 35.5. The molecule has 0 fully saturated rings. The molecule has 0 heterocycles. The summed E-state index contributed by atoms with van der Waals surface area (Å²) in [6, 6.07) is 5.96. The lowest BCUT2D eigenvalue weighted by atomic mass is 10.0. The van der Waals surface area contributed by atoms with Gasteiger partial charge in [0.1, 0.15) is 0 Å². The molecule has 16 heavy (non-hydrogen) atoms. The van der Waals surface area contributed by atoms with Crippen molar-refractivity contribution in [2.45, 2.75) is 26.8 Å². The summed E-state index contributed by atoms with van der Waals surface area (Å²) in [6.45, 7) is 5.88. The fraction of sp³-hybridized carbons (Fsp3) is 0.462. The van der Waals surface area contributed by atoms with Crippen molar-refractivity contribution in [3.05, 3.63) is 34.9 Å². The van der Waals surface area contributed by atoms with E-state index in [4.69, 9.17) is 11.6 Å². The lowest BCUT2D eigenvalue weighted by Crippen LogP contribution is -2.36. The Hall–Kier alpha value is -1.02. The quantitative estimate of drug-likeness (QED) is 0.743. The molecule has 0 aliphatic heterocycles. The van der Waals surface area contributed by atoms with Gasteiger partial charge in [0.15, 0.2) is 0 Å². The Morgan fingerprint density at radius 2 is 2.06 bits per heavy atom. The second kappa shape index (κ2) is 5.35. The topological polar surface area (TPSA) is 20.3 Å². The van der Waals surface area contributed by atoms with E-state index in [2.05, 4.69) is 0 Å². The zero-order chi connectivity index (χ0) is 12.3. The van der Waals surface area contributed by atoms with Gasteiger partial charge in [-0.2, -0.15) is 0 Å². The van der Waals surface area contributed by atoms with Gasteiger partial charge in [0.2, 0.25) is 0 Å². The molecule has 1 atom stereocenters. The molecule has 0 radical (unpaired) electrons. The Bertz CT molecular complexity index is 390. The number of halogens is 1. The summed E-state index contributed by atoms with van der Waals surface area (Å²) in [5.74, 6) is 0.488. The fourth-order valence-electron chi connectivity index (χ4n) is 1.46. The normalized spacial score (nSPS) is 12.3. The summed E-state index contributed by atoms with van der Waals surface area (Å²) in [4.78, 5) is 13.9. The molecule has 0 bridgehead atoms. The summed E-state index contributed by atoms with van der Waals surface area (Å²) < 4.78 is 0. The lowest BCUT2D eigenvalue weighted by Gasteiger charge is -2.24. The number of hydrogen-bond acceptors (Lipinski definition) is 1. The number of amides is 1. The molecule has 1 aromatic carbocycles. The number of carbonyl (C=O) groups excluding carboxylic acids is 1. The van der Waals surface area contributed by atoms with Gasteiger partial charge < -0.3 is 4.90 Å². The van der Waals surface area contributed by atoms with E-state index in [1.807, 2.05) is 39.0 Å². The average Bonchev–Trinajstić information content (AvgIpc) is 2.29. The molecule has 1 rings (SSSR count). The van der Waals surface area contributed by atoms with Crippen molar-refractivity contribution in [3.8, 4) is 0 Å². The number of nitrogens with zero attached hydrogens (tertiary/aromatic N) is 1. The minimum absolute atomic E-state index is 0.0364. The molecule has 3 heteroatoms. The second-order valence-electron chi connectivity index (χ2n) is 4.24. The lowest BCUT2D eigenvalue weighted by molar-refractivity contribution is 0.0756. The van der Waals surface area contributed by atoms with Crippen molar-refractivity contribution < 1.29 is 4.79 Å². The highest BCUT2D eigenvalue weighted by Crippen LogP contribution is 2.14. The molecule has 0 N–H and O–H groups in total. The Morgan fingerprint density at radius 1 is 1.44 bits per heavy atom. The van der Waals surface area contributed by atoms with Gasteiger partial charge in [-0.3, -0.25) is 4.79 Å². The van der Waals surface area contributed by atoms with Crippen molar-refractivity contribution in [2.75, 3.05) is 12.9 Å². The molecule has 2 nitrogen and oxygen atoms in total. The van der Waals surface area contributed by atoms with Crippen molar-refractivity contribution in [3.63, 3.8) is 0 Å². The third-order valence-corrected chi connectivity index (χ3v) is 3.27. The first-order chi connectivity index (χ1) is 7.47. The first-order valence-corrected chi connectivity index (χ1v) is 5.91. The third kappa shape index (κ3) is 2.76. The SMILES string of the molecule is Cc1ccc(C)c(C(=O)N(C)C(C)CCl)c1. The molecule has 88 valence electrons. The Morgan fingerprint density at radius 3 is 2.62 bits per heavy atom. The van der Waals surface area contributed by atoms with Crippen LogP contribution in [-0.4, -0.2) is 29.8 Å². The molecular formula is C13H18ClNO. The molecule has 0 saturated heterocycles. The van der Waals surface area contributed by atoms with Gasteiger partial charge >= 0.3 is 0 Å². The van der Waals surface area contributed by atoms with E-state index in [9.17, 15) is 4.79 Å². The molecule has 1 unspecified atom stereocenters. The Kier molecular flexibility index (Phi) is 4.36. The second-order valence-corrected chi connectivity index (χ2v) is 4.55. The number of aryl methyl sites for hydroxylation is 2. The van der Waals surface area contributed by atoms with Crippen molar-refractivity contribution >= 4 is 17.5 Å². The molecule has 0 aliphatic rings. The van der Waals surface area contributed by atoms with E-state index in [-0.39, 0.29) is 11.9 Å². The number of rotatable bonds is 3. The van der Waals surface area contributed by atoms with Crippen LogP contribution in [0.4, 0.5) is 0 Å². The zero-order valence-corrected chi connectivity index (χ0v) is 11.0. The van der Waals surface area contributed by atoms with E-state index in [0.717, 1.165) is 16.7 Å². The van der Waals surface area contributed by atoms with E-state index >= 15 is 0 Å². The van der Waals surface area contributed by atoms with Gasteiger partial charge in [0.05, 0.1) is 0 Å². The molecule has 0 saturated carbocycles. The minimum Gasteiger partial charge on any atom is -0.338 e. The third-order valence-electron chi connectivity index (χ3n) is 2.83. The van der Waals surface area contributed by atoms with Crippen LogP contribution in [0.3, 0.4) is 0 Å². The molecule has 0 aliphatic carbocycles.